The summed E-state index contributed by atoms with van der Waals surface area (Å²) in [6.07, 6.45) is 2.28. The van der Waals surface area contributed by atoms with Crippen molar-refractivity contribution < 1.29 is 19.4 Å². The highest BCUT2D eigenvalue weighted by Gasteiger charge is 2.28. The zero-order chi connectivity index (χ0) is 12.3. The van der Waals surface area contributed by atoms with Crippen LogP contribution in [0.25, 0.3) is 0 Å². The van der Waals surface area contributed by atoms with E-state index in [1.807, 2.05) is 4.90 Å². The number of amides is 1. The van der Waals surface area contributed by atoms with Crippen molar-refractivity contribution in [3.8, 4) is 0 Å². The van der Waals surface area contributed by atoms with Gasteiger partial charge in [-0.15, -0.1) is 0 Å². The van der Waals surface area contributed by atoms with Crippen LogP contribution in [-0.4, -0.2) is 60.3 Å². The average Bonchev–Trinajstić information content (AvgIpc) is 2.67. The summed E-state index contributed by atoms with van der Waals surface area (Å²) < 4.78 is 5.52. The smallest absolute Gasteiger partial charge is 0.305 e. The Labute approximate surface area is 99.9 Å². The van der Waals surface area contributed by atoms with Gasteiger partial charge in [0.25, 0.3) is 0 Å². The Morgan fingerprint density at radius 3 is 3.06 bits per heavy atom. The fraction of sp³-hybridized carbons (Fsp3) is 0.818. The minimum atomic E-state index is -0.880. The van der Waals surface area contributed by atoms with E-state index in [1.165, 1.54) is 0 Å². The molecular weight excluding hydrogens is 224 g/mol. The van der Waals surface area contributed by atoms with Gasteiger partial charge in [0.15, 0.2) is 0 Å². The molecule has 17 heavy (non-hydrogen) atoms. The van der Waals surface area contributed by atoms with E-state index in [4.69, 9.17) is 9.84 Å². The highest BCUT2D eigenvalue weighted by Crippen LogP contribution is 2.14. The van der Waals surface area contributed by atoms with Crippen molar-refractivity contribution in [1.82, 2.24) is 10.2 Å². The molecule has 0 saturated carbocycles. The molecule has 2 aliphatic heterocycles. The fourth-order valence-electron chi connectivity index (χ4n) is 2.44. The second kappa shape index (κ2) is 5.46. The maximum absolute atomic E-state index is 11.5. The van der Waals surface area contributed by atoms with Gasteiger partial charge in [0.2, 0.25) is 5.91 Å². The number of carbonyl (C=O) groups excluding carboxylic acids is 1. The van der Waals surface area contributed by atoms with Crippen LogP contribution in [-0.2, 0) is 14.3 Å². The second-order valence-corrected chi connectivity index (χ2v) is 4.69. The molecular formula is C11H18N2O4. The van der Waals surface area contributed by atoms with E-state index in [9.17, 15) is 9.59 Å². The number of rotatable bonds is 4. The lowest BCUT2D eigenvalue weighted by atomic mass is 10.1. The monoisotopic (exact) mass is 242 g/mol. The zero-order valence-electron chi connectivity index (χ0n) is 9.72. The second-order valence-electron chi connectivity index (χ2n) is 4.69. The first kappa shape index (κ1) is 12.3. The third-order valence-electron chi connectivity index (χ3n) is 3.12. The molecule has 2 heterocycles. The first-order valence-corrected chi connectivity index (χ1v) is 5.98. The molecule has 0 aliphatic carbocycles. The van der Waals surface area contributed by atoms with E-state index in [0.717, 1.165) is 26.0 Å². The molecule has 2 atom stereocenters. The summed E-state index contributed by atoms with van der Waals surface area (Å²) in [6.45, 7) is 2.46. The van der Waals surface area contributed by atoms with E-state index in [-0.39, 0.29) is 24.5 Å². The molecule has 2 N–H and O–H groups in total. The van der Waals surface area contributed by atoms with E-state index >= 15 is 0 Å². The van der Waals surface area contributed by atoms with Crippen LogP contribution in [0.4, 0.5) is 0 Å². The lowest BCUT2D eigenvalue weighted by molar-refractivity contribution is -0.138. The molecule has 6 heteroatoms. The summed E-state index contributed by atoms with van der Waals surface area (Å²) in [5.41, 5.74) is 0. The standard InChI is InChI=1S/C11H18N2O4/c14-10-7-13(6-9-2-1-3-17-9)5-8(12-10)4-11(15)16/h8-9H,1-7H2,(H,12,14)(H,15,16). The molecule has 2 rings (SSSR count). The molecule has 2 aliphatic rings. The Balaban J connectivity index is 1.84. The van der Waals surface area contributed by atoms with E-state index < -0.39 is 5.97 Å². The Morgan fingerprint density at radius 2 is 2.41 bits per heavy atom. The van der Waals surface area contributed by atoms with Gasteiger partial charge in [-0.05, 0) is 12.8 Å². The minimum absolute atomic E-state index is 0.0201. The highest BCUT2D eigenvalue weighted by molar-refractivity contribution is 5.80. The van der Waals surface area contributed by atoms with Gasteiger partial charge in [-0.3, -0.25) is 14.5 Å². The zero-order valence-corrected chi connectivity index (χ0v) is 9.72. The number of carboxylic acid groups (broad SMARTS) is 1. The SMILES string of the molecule is O=C(O)CC1CN(CC2CCCO2)CC(=O)N1. The van der Waals surface area contributed by atoms with Gasteiger partial charge in [-0.2, -0.15) is 0 Å². The van der Waals surface area contributed by atoms with Crippen molar-refractivity contribution in [3.63, 3.8) is 0 Å². The third kappa shape index (κ3) is 3.67. The quantitative estimate of drug-likeness (QED) is 0.691. The molecule has 96 valence electrons. The molecule has 0 spiro atoms. The number of ether oxygens (including phenoxy) is 1. The lowest BCUT2D eigenvalue weighted by Gasteiger charge is -2.33. The lowest BCUT2D eigenvalue weighted by Crippen LogP contribution is -2.55. The molecule has 6 nitrogen and oxygen atoms in total. The van der Waals surface area contributed by atoms with Crippen molar-refractivity contribution in [1.29, 1.82) is 0 Å². The van der Waals surface area contributed by atoms with Crippen LogP contribution < -0.4 is 5.32 Å². The number of aliphatic carboxylic acids is 1. The number of nitrogens with zero attached hydrogens (tertiary/aromatic N) is 1. The molecule has 0 aromatic heterocycles. The van der Waals surface area contributed by atoms with Gasteiger partial charge in [0.1, 0.15) is 0 Å². The minimum Gasteiger partial charge on any atom is -0.481 e. The first-order chi connectivity index (χ1) is 8.13. The van der Waals surface area contributed by atoms with Crippen LogP contribution in [0.2, 0.25) is 0 Å². The summed E-state index contributed by atoms with van der Waals surface area (Å²) in [4.78, 5) is 24.1. The highest BCUT2D eigenvalue weighted by atomic mass is 16.5. The van der Waals surface area contributed by atoms with Crippen LogP contribution in [0.5, 0.6) is 0 Å². The largest absolute Gasteiger partial charge is 0.481 e. The van der Waals surface area contributed by atoms with Crippen LogP contribution in [0.15, 0.2) is 0 Å². The molecule has 2 fully saturated rings. The molecule has 0 bridgehead atoms. The molecule has 0 aromatic rings. The number of carboxylic acids is 1. The molecule has 0 radical (unpaired) electrons. The van der Waals surface area contributed by atoms with Gasteiger partial charge < -0.3 is 15.2 Å². The predicted octanol–water partition coefficient (Wildman–Crippen LogP) is -0.559. The normalized spacial score (nSPS) is 30.2. The molecule has 2 saturated heterocycles. The van der Waals surface area contributed by atoms with E-state index in [2.05, 4.69) is 5.32 Å². The van der Waals surface area contributed by atoms with Gasteiger partial charge in [-0.25, -0.2) is 0 Å². The molecule has 0 aromatic carbocycles. The summed E-state index contributed by atoms with van der Waals surface area (Å²) in [6, 6.07) is -0.282. The van der Waals surface area contributed by atoms with Crippen molar-refractivity contribution in [2.24, 2.45) is 0 Å². The number of hydrogen-bond acceptors (Lipinski definition) is 4. The summed E-state index contributed by atoms with van der Waals surface area (Å²) in [7, 11) is 0. The van der Waals surface area contributed by atoms with Crippen LogP contribution >= 0.6 is 0 Å². The summed E-state index contributed by atoms with van der Waals surface area (Å²) in [5, 5.41) is 11.4. The van der Waals surface area contributed by atoms with Gasteiger partial charge >= 0.3 is 5.97 Å². The van der Waals surface area contributed by atoms with Crippen molar-refractivity contribution >= 4 is 11.9 Å². The third-order valence-corrected chi connectivity index (χ3v) is 3.12. The Morgan fingerprint density at radius 1 is 1.59 bits per heavy atom. The molecule has 2 unspecified atom stereocenters. The number of hydrogen-bond donors (Lipinski definition) is 2. The van der Waals surface area contributed by atoms with Gasteiger partial charge in [0, 0.05) is 19.7 Å². The first-order valence-electron chi connectivity index (χ1n) is 5.98. The van der Waals surface area contributed by atoms with Crippen molar-refractivity contribution in [2.45, 2.75) is 31.4 Å². The Hall–Kier alpha value is -1.14. The number of piperazine rings is 1. The maximum atomic E-state index is 11.5. The predicted molar refractivity (Wildman–Crippen MR) is 59.6 cm³/mol. The van der Waals surface area contributed by atoms with Crippen LogP contribution in [0.1, 0.15) is 19.3 Å². The summed E-state index contributed by atoms with van der Waals surface area (Å²) in [5.74, 6) is -0.977. The van der Waals surface area contributed by atoms with Crippen molar-refractivity contribution in [2.75, 3.05) is 26.2 Å². The maximum Gasteiger partial charge on any atom is 0.305 e. The van der Waals surface area contributed by atoms with Crippen LogP contribution in [0, 0.1) is 0 Å². The van der Waals surface area contributed by atoms with Gasteiger partial charge in [0.05, 0.1) is 25.1 Å². The van der Waals surface area contributed by atoms with E-state index in [1.54, 1.807) is 0 Å². The molecule has 1 amide bonds. The Kier molecular flexibility index (Phi) is 3.96. The van der Waals surface area contributed by atoms with Crippen LogP contribution in [0.3, 0.4) is 0 Å². The number of nitrogens with one attached hydrogen (secondary N) is 1. The summed E-state index contributed by atoms with van der Waals surface area (Å²) >= 11 is 0. The Bertz CT molecular complexity index is 300. The number of carbonyl (C=O) groups is 2. The average molecular weight is 242 g/mol. The van der Waals surface area contributed by atoms with Gasteiger partial charge in [-0.1, -0.05) is 0 Å². The van der Waals surface area contributed by atoms with Crippen molar-refractivity contribution in [3.05, 3.63) is 0 Å². The topological polar surface area (TPSA) is 78.9 Å². The fourth-order valence-corrected chi connectivity index (χ4v) is 2.44. The van der Waals surface area contributed by atoms with E-state index in [0.29, 0.717) is 13.1 Å².